The van der Waals surface area contributed by atoms with Crippen molar-refractivity contribution in [1.82, 2.24) is 4.90 Å². The van der Waals surface area contributed by atoms with E-state index in [0.29, 0.717) is 19.7 Å². The van der Waals surface area contributed by atoms with Crippen LogP contribution < -0.4 is 0 Å². The second-order valence-corrected chi connectivity index (χ2v) is 9.58. The first-order valence-electron chi connectivity index (χ1n) is 12.1. The Bertz CT molecular complexity index is 431. The Morgan fingerprint density at radius 1 is 0.833 bits per heavy atom. The molecule has 0 aromatic rings. The van der Waals surface area contributed by atoms with Gasteiger partial charge in [-0.15, -0.1) is 0 Å². The molecule has 178 valence electrons. The number of amides is 1. The van der Waals surface area contributed by atoms with Gasteiger partial charge in [0.05, 0.1) is 23.9 Å². The van der Waals surface area contributed by atoms with E-state index in [9.17, 15) is 9.59 Å². The fraction of sp³-hybridized carbons (Fsp3) is 0.917. The van der Waals surface area contributed by atoms with Gasteiger partial charge in [-0.3, -0.25) is 9.59 Å². The summed E-state index contributed by atoms with van der Waals surface area (Å²) in [4.78, 5) is 26.4. The molecule has 0 rings (SSSR count). The Labute approximate surface area is 193 Å². The lowest BCUT2D eigenvalue weighted by atomic mass is 9.94. The highest BCUT2D eigenvalue weighted by molar-refractivity contribution is 9.10. The van der Waals surface area contributed by atoms with Gasteiger partial charge in [-0.2, -0.15) is 0 Å². The zero-order valence-corrected chi connectivity index (χ0v) is 21.5. The fourth-order valence-corrected chi connectivity index (χ4v) is 3.82. The summed E-state index contributed by atoms with van der Waals surface area (Å²) in [5.74, 6) is -0.108. The molecule has 5 nitrogen and oxygen atoms in total. The van der Waals surface area contributed by atoms with Gasteiger partial charge < -0.3 is 14.4 Å². The molecule has 0 saturated heterocycles. The highest BCUT2D eigenvalue weighted by Gasteiger charge is 2.21. The number of carbonyl (C=O) groups is 2. The van der Waals surface area contributed by atoms with Gasteiger partial charge in [0, 0.05) is 13.7 Å². The van der Waals surface area contributed by atoms with Gasteiger partial charge in [0.2, 0.25) is 5.91 Å². The number of alkyl halides is 1. The van der Waals surface area contributed by atoms with Crippen LogP contribution in [-0.2, 0) is 19.1 Å². The molecular formula is C24H46BrNO4. The maximum Gasteiger partial charge on any atom is 0.308 e. The third-order valence-corrected chi connectivity index (χ3v) is 5.86. The van der Waals surface area contributed by atoms with E-state index in [0.717, 1.165) is 25.7 Å². The van der Waals surface area contributed by atoms with Crippen LogP contribution in [0.5, 0.6) is 0 Å². The summed E-state index contributed by atoms with van der Waals surface area (Å²) in [6.07, 6.45) is 13.9. The summed E-state index contributed by atoms with van der Waals surface area (Å²) in [5, 5.41) is 0. The molecule has 6 heteroatoms. The van der Waals surface area contributed by atoms with Crippen LogP contribution in [0.3, 0.4) is 0 Å². The number of nitrogens with zero attached hydrogens (tertiary/aromatic N) is 1. The third kappa shape index (κ3) is 15.2. The van der Waals surface area contributed by atoms with Crippen LogP contribution >= 0.6 is 15.9 Å². The lowest BCUT2D eigenvalue weighted by Gasteiger charge is -2.24. The maximum absolute atomic E-state index is 12.7. The molecule has 0 aliphatic rings. The van der Waals surface area contributed by atoms with E-state index in [4.69, 9.17) is 9.47 Å². The molecule has 0 aromatic carbocycles. The molecule has 0 aliphatic heterocycles. The quantitative estimate of drug-likeness (QED) is 0.117. The molecule has 1 amide bonds. The highest BCUT2D eigenvalue weighted by Crippen LogP contribution is 2.20. The zero-order chi connectivity index (χ0) is 22.6. The number of rotatable bonds is 20. The molecule has 0 aliphatic carbocycles. The Balaban J connectivity index is 4.50. The van der Waals surface area contributed by atoms with Crippen LogP contribution in [-0.4, -0.2) is 55.0 Å². The van der Waals surface area contributed by atoms with Crippen molar-refractivity contribution in [3.8, 4) is 0 Å². The first kappa shape index (κ1) is 29.4. The number of halogens is 1. The van der Waals surface area contributed by atoms with E-state index in [-0.39, 0.29) is 29.2 Å². The molecule has 0 heterocycles. The van der Waals surface area contributed by atoms with E-state index < -0.39 is 0 Å². The molecule has 0 fully saturated rings. The summed E-state index contributed by atoms with van der Waals surface area (Å²) < 4.78 is 10.7. The number of carbonyl (C=O) groups excluding carboxylic acids is 2. The number of hydrogen-bond acceptors (Lipinski definition) is 4. The molecule has 0 saturated carbocycles. The van der Waals surface area contributed by atoms with Crippen LogP contribution in [0.1, 0.15) is 97.8 Å². The number of hydrogen-bond donors (Lipinski definition) is 0. The van der Waals surface area contributed by atoms with E-state index in [1.165, 1.54) is 51.4 Å². The summed E-state index contributed by atoms with van der Waals surface area (Å²) >= 11 is 3.33. The molecule has 0 spiro atoms. The van der Waals surface area contributed by atoms with Gasteiger partial charge >= 0.3 is 5.97 Å². The van der Waals surface area contributed by atoms with Gasteiger partial charge in [-0.05, 0) is 19.8 Å². The minimum absolute atomic E-state index is 0.00806. The molecular weight excluding hydrogens is 446 g/mol. The van der Waals surface area contributed by atoms with Crippen molar-refractivity contribution in [2.75, 3.05) is 33.4 Å². The first-order chi connectivity index (χ1) is 14.5. The molecule has 0 N–H and O–H groups in total. The maximum atomic E-state index is 12.7. The average Bonchev–Trinajstić information content (AvgIpc) is 2.73. The van der Waals surface area contributed by atoms with E-state index >= 15 is 0 Å². The number of unbranched alkanes of at least 4 members (excludes halogenated alkanes) is 8. The summed E-state index contributed by atoms with van der Waals surface area (Å²) in [5.41, 5.74) is 0. The summed E-state index contributed by atoms with van der Waals surface area (Å²) in [6, 6.07) is 0. The SMILES string of the molecule is CCCCCCCCC(CCCCCC)C(=O)OCCN(CCOC)C(=O)C(C)Br. The van der Waals surface area contributed by atoms with Crippen LogP contribution in [0.25, 0.3) is 0 Å². The van der Waals surface area contributed by atoms with Crippen molar-refractivity contribution in [3.05, 3.63) is 0 Å². The van der Waals surface area contributed by atoms with Gasteiger partial charge in [0.25, 0.3) is 0 Å². The highest BCUT2D eigenvalue weighted by atomic mass is 79.9. The zero-order valence-electron chi connectivity index (χ0n) is 19.9. The van der Waals surface area contributed by atoms with E-state index in [1.54, 1.807) is 18.9 Å². The van der Waals surface area contributed by atoms with Crippen LogP contribution in [0.15, 0.2) is 0 Å². The number of esters is 1. The smallest absolute Gasteiger partial charge is 0.308 e. The minimum Gasteiger partial charge on any atom is -0.464 e. The number of methoxy groups -OCH3 is 1. The average molecular weight is 493 g/mol. The molecule has 0 bridgehead atoms. The lowest BCUT2D eigenvalue weighted by molar-refractivity contribution is -0.151. The second-order valence-electron chi connectivity index (χ2n) is 8.20. The minimum atomic E-state index is -0.260. The Hall–Kier alpha value is -0.620. The standard InChI is InChI=1S/C24H46BrNO4/c1-5-7-9-11-12-14-16-22(15-13-10-8-6-2)24(28)30-20-18-26(17-19-29-4)23(27)21(3)25/h21-22H,5-20H2,1-4H3. The van der Waals surface area contributed by atoms with E-state index in [1.807, 2.05) is 0 Å². The van der Waals surface area contributed by atoms with Crippen molar-refractivity contribution in [3.63, 3.8) is 0 Å². The van der Waals surface area contributed by atoms with Gasteiger partial charge in [0.15, 0.2) is 0 Å². The van der Waals surface area contributed by atoms with Crippen molar-refractivity contribution in [1.29, 1.82) is 0 Å². The Morgan fingerprint density at radius 2 is 1.33 bits per heavy atom. The number of ether oxygens (including phenoxy) is 2. The molecule has 30 heavy (non-hydrogen) atoms. The van der Waals surface area contributed by atoms with Crippen molar-refractivity contribution < 1.29 is 19.1 Å². The Kier molecular flexibility index (Phi) is 19.9. The predicted molar refractivity (Wildman–Crippen MR) is 128 cm³/mol. The third-order valence-electron chi connectivity index (χ3n) is 5.47. The van der Waals surface area contributed by atoms with Crippen molar-refractivity contribution >= 4 is 27.8 Å². The largest absolute Gasteiger partial charge is 0.464 e. The van der Waals surface area contributed by atoms with Crippen LogP contribution in [0.2, 0.25) is 0 Å². The van der Waals surface area contributed by atoms with Crippen molar-refractivity contribution in [2.45, 2.75) is 103 Å². The predicted octanol–water partition coefficient (Wildman–Crippen LogP) is 6.13. The molecule has 2 unspecified atom stereocenters. The van der Waals surface area contributed by atoms with Gasteiger partial charge in [-0.25, -0.2) is 0 Å². The van der Waals surface area contributed by atoms with Crippen LogP contribution in [0.4, 0.5) is 0 Å². The second kappa shape index (κ2) is 20.3. The molecule has 2 atom stereocenters. The van der Waals surface area contributed by atoms with Gasteiger partial charge in [-0.1, -0.05) is 94.0 Å². The molecule has 0 radical (unpaired) electrons. The topological polar surface area (TPSA) is 55.8 Å². The fourth-order valence-electron chi connectivity index (χ4n) is 3.53. The summed E-state index contributed by atoms with van der Waals surface area (Å²) in [6.45, 7) is 7.86. The van der Waals surface area contributed by atoms with Crippen molar-refractivity contribution in [2.24, 2.45) is 5.92 Å². The van der Waals surface area contributed by atoms with Gasteiger partial charge in [0.1, 0.15) is 6.61 Å². The Morgan fingerprint density at radius 3 is 1.87 bits per heavy atom. The molecule has 0 aromatic heterocycles. The first-order valence-corrected chi connectivity index (χ1v) is 13.0. The normalized spacial score (nSPS) is 13.1. The van der Waals surface area contributed by atoms with Crippen LogP contribution in [0, 0.1) is 5.92 Å². The monoisotopic (exact) mass is 491 g/mol. The summed E-state index contributed by atoms with van der Waals surface area (Å²) in [7, 11) is 1.62. The lowest BCUT2D eigenvalue weighted by Crippen LogP contribution is -2.40. The van der Waals surface area contributed by atoms with E-state index in [2.05, 4.69) is 29.8 Å².